The lowest BCUT2D eigenvalue weighted by molar-refractivity contribution is -0.121. The van der Waals surface area contributed by atoms with Crippen LogP contribution in [0.1, 0.15) is 28.9 Å². The molecule has 128 valence electrons. The van der Waals surface area contributed by atoms with Crippen LogP contribution in [-0.4, -0.2) is 29.3 Å². The first kappa shape index (κ1) is 16.6. The van der Waals surface area contributed by atoms with Gasteiger partial charge in [-0.1, -0.05) is 18.2 Å². The van der Waals surface area contributed by atoms with Crippen LogP contribution in [0.15, 0.2) is 48.7 Å². The number of amides is 3. The fourth-order valence-corrected chi connectivity index (χ4v) is 2.63. The molecule has 7 heteroatoms. The van der Waals surface area contributed by atoms with E-state index in [9.17, 15) is 14.4 Å². The Bertz CT molecular complexity index is 775. The number of hydrogen-bond donors (Lipinski definition) is 2. The fourth-order valence-electron chi connectivity index (χ4n) is 2.63. The van der Waals surface area contributed by atoms with Crippen molar-refractivity contribution in [2.75, 3.05) is 11.4 Å². The first-order chi connectivity index (χ1) is 12.1. The van der Waals surface area contributed by atoms with Gasteiger partial charge in [0, 0.05) is 24.8 Å². The minimum atomic E-state index is -0.475. The molecule has 0 aliphatic carbocycles. The number of rotatable bonds is 4. The molecule has 1 aromatic carbocycles. The van der Waals surface area contributed by atoms with Crippen LogP contribution in [0.4, 0.5) is 5.69 Å². The lowest BCUT2D eigenvalue weighted by Gasteiger charge is -2.15. The minimum Gasteiger partial charge on any atom is -0.312 e. The van der Waals surface area contributed by atoms with Crippen LogP contribution >= 0.6 is 0 Å². The number of carbonyl (C=O) groups is 3. The lowest BCUT2D eigenvalue weighted by Crippen LogP contribution is -2.42. The predicted octanol–water partition coefficient (Wildman–Crippen LogP) is 1.21. The molecule has 7 nitrogen and oxygen atoms in total. The summed E-state index contributed by atoms with van der Waals surface area (Å²) in [5.41, 5.74) is 6.55. The number of carbonyl (C=O) groups excluding carboxylic acids is 3. The third kappa shape index (κ3) is 4.20. The number of aromatic nitrogens is 1. The van der Waals surface area contributed by atoms with E-state index < -0.39 is 5.91 Å². The largest absolute Gasteiger partial charge is 0.312 e. The van der Waals surface area contributed by atoms with Gasteiger partial charge in [-0.15, -0.1) is 0 Å². The van der Waals surface area contributed by atoms with Crippen molar-refractivity contribution in [3.63, 3.8) is 0 Å². The fraction of sp³-hybridized carbons (Fsp3) is 0.222. The Hall–Kier alpha value is -3.22. The van der Waals surface area contributed by atoms with Gasteiger partial charge in [0.2, 0.25) is 11.8 Å². The van der Waals surface area contributed by atoms with Crippen LogP contribution in [0.25, 0.3) is 0 Å². The summed E-state index contributed by atoms with van der Waals surface area (Å²) in [6.07, 6.45) is 3.08. The van der Waals surface area contributed by atoms with Gasteiger partial charge >= 0.3 is 0 Å². The maximum atomic E-state index is 11.9. The van der Waals surface area contributed by atoms with E-state index >= 15 is 0 Å². The van der Waals surface area contributed by atoms with Crippen LogP contribution in [-0.2, 0) is 16.0 Å². The molecule has 1 aliphatic rings. The van der Waals surface area contributed by atoms with E-state index in [0.717, 1.165) is 24.2 Å². The number of anilines is 1. The number of hydrogen-bond acceptors (Lipinski definition) is 4. The number of nitrogens with one attached hydrogen (secondary N) is 2. The Morgan fingerprint density at radius 1 is 1.08 bits per heavy atom. The molecular formula is C18H18N4O3. The first-order valence-electron chi connectivity index (χ1n) is 8.03. The Morgan fingerprint density at radius 2 is 1.88 bits per heavy atom. The highest BCUT2D eigenvalue weighted by atomic mass is 16.2. The van der Waals surface area contributed by atoms with Gasteiger partial charge in [0.1, 0.15) is 5.69 Å². The summed E-state index contributed by atoms with van der Waals surface area (Å²) in [6.45, 7) is 0.734. The summed E-state index contributed by atoms with van der Waals surface area (Å²) in [7, 11) is 0. The molecule has 2 heterocycles. The third-order valence-electron chi connectivity index (χ3n) is 3.90. The molecule has 0 saturated carbocycles. The van der Waals surface area contributed by atoms with Gasteiger partial charge in [-0.25, -0.2) is 0 Å². The van der Waals surface area contributed by atoms with Crippen molar-refractivity contribution in [1.29, 1.82) is 0 Å². The van der Waals surface area contributed by atoms with Crippen LogP contribution in [0.5, 0.6) is 0 Å². The van der Waals surface area contributed by atoms with Gasteiger partial charge < -0.3 is 4.90 Å². The topological polar surface area (TPSA) is 91.4 Å². The predicted molar refractivity (Wildman–Crippen MR) is 91.6 cm³/mol. The molecular weight excluding hydrogens is 320 g/mol. The van der Waals surface area contributed by atoms with E-state index in [0.29, 0.717) is 6.42 Å². The molecule has 0 spiro atoms. The van der Waals surface area contributed by atoms with Crippen LogP contribution in [0.2, 0.25) is 0 Å². The molecule has 0 radical (unpaired) electrons. The first-order valence-corrected chi connectivity index (χ1v) is 8.03. The number of hydrazine groups is 1. The summed E-state index contributed by atoms with van der Waals surface area (Å²) < 4.78 is 0. The van der Waals surface area contributed by atoms with Crippen molar-refractivity contribution in [2.24, 2.45) is 0 Å². The van der Waals surface area contributed by atoms with Gasteiger partial charge in [-0.3, -0.25) is 30.2 Å². The third-order valence-corrected chi connectivity index (χ3v) is 3.90. The number of nitrogens with zero attached hydrogens (tertiary/aromatic N) is 2. The summed E-state index contributed by atoms with van der Waals surface area (Å²) in [5, 5.41) is 0. The van der Waals surface area contributed by atoms with Gasteiger partial charge in [0.25, 0.3) is 5.91 Å². The molecule has 1 aromatic heterocycles. The van der Waals surface area contributed by atoms with E-state index in [2.05, 4.69) is 15.8 Å². The van der Waals surface area contributed by atoms with Crippen LogP contribution < -0.4 is 15.8 Å². The molecule has 1 fully saturated rings. The average Bonchev–Trinajstić information content (AvgIpc) is 3.07. The van der Waals surface area contributed by atoms with Gasteiger partial charge in [0.05, 0.1) is 6.42 Å². The van der Waals surface area contributed by atoms with E-state index in [-0.39, 0.29) is 23.9 Å². The zero-order valence-corrected chi connectivity index (χ0v) is 13.6. The monoisotopic (exact) mass is 338 g/mol. The van der Waals surface area contributed by atoms with Crippen molar-refractivity contribution in [3.05, 3.63) is 59.9 Å². The number of benzene rings is 1. The molecule has 1 saturated heterocycles. The maximum absolute atomic E-state index is 11.9. The summed E-state index contributed by atoms with van der Waals surface area (Å²) in [4.78, 5) is 41.1. The Labute approximate surface area is 145 Å². The molecule has 0 bridgehead atoms. The Balaban J connectivity index is 1.51. The standard InChI is InChI=1S/C18H18N4O3/c23-16(20-21-18(25)15-4-1-2-10-19-15)12-13-6-8-14(9-7-13)22-11-3-5-17(22)24/h1-2,4,6-10H,3,5,11-12H2,(H,20,23)(H,21,25). The molecule has 3 amide bonds. The molecule has 3 rings (SSSR count). The SMILES string of the molecule is O=C(Cc1ccc(N2CCCC2=O)cc1)NNC(=O)c1ccccn1. The quantitative estimate of drug-likeness (QED) is 0.820. The number of pyridine rings is 1. The van der Waals surface area contributed by atoms with E-state index in [1.54, 1.807) is 35.2 Å². The summed E-state index contributed by atoms with van der Waals surface area (Å²) >= 11 is 0. The molecule has 2 aromatic rings. The van der Waals surface area contributed by atoms with Crippen molar-refractivity contribution in [1.82, 2.24) is 15.8 Å². The van der Waals surface area contributed by atoms with Gasteiger partial charge in [0.15, 0.2) is 0 Å². The average molecular weight is 338 g/mol. The molecule has 0 atom stereocenters. The zero-order valence-electron chi connectivity index (χ0n) is 13.6. The Kier molecular flexibility index (Phi) is 5.03. The zero-order chi connectivity index (χ0) is 17.6. The highest BCUT2D eigenvalue weighted by Gasteiger charge is 2.21. The summed E-state index contributed by atoms with van der Waals surface area (Å²) in [6, 6.07) is 12.2. The normalized spacial score (nSPS) is 13.6. The molecule has 0 unspecified atom stereocenters. The van der Waals surface area contributed by atoms with E-state index in [4.69, 9.17) is 0 Å². The second-order valence-corrected chi connectivity index (χ2v) is 5.71. The highest BCUT2D eigenvalue weighted by molar-refractivity contribution is 5.95. The Morgan fingerprint density at radius 3 is 2.52 bits per heavy atom. The second-order valence-electron chi connectivity index (χ2n) is 5.71. The smallest absolute Gasteiger partial charge is 0.288 e. The van der Waals surface area contributed by atoms with Gasteiger partial charge in [-0.05, 0) is 36.2 Å². The van der Waals surface area contributed by atoms with E-state index in [1.807, 2.05) is 12.1 Å². The van der Waals surface area contributed by atoms with Crippen molar-refractivity contribution < 1.29 is 14.4 Å². The second kappa shape index (κ2) is 7.57. The van der Waals surface area contributed by atoms with Crippen molar-refractivity contribution in [2.45, 2.75) is 19.3 Å². The van der Waals surface area contributed by atoms with Gasteiger partial charge in [-0.2, -0.15) is 0 Å². The van der Waals surface area contributed by atoms with Crippen molar-refractivity contribution in [3.8, 4) is 0 Å². The highest BCUT2D eigenvalue weighted by Crippen LogP contribution is 2.21. The molecule has 25 heavy (non-hydrogen) atoms. The van der Waals surface area contributed by atoms with Crippen molar-refractivity contribution >= 4 is 23.4 Å². The molecule has 1 aliphatic heterocycles. The summed E-state index contributed by atoms with van der Waals surface area (Å²) in [5.74, 6) is -0.686. The molecule has 2 N–H and O–H groups in total. The lowest BCUT2D eigenvalue weighted by atomic mass is 10.1. The van der Waals surface area contributed by atoms with Crippen LogP contribution in [0, 0.1) is 0 Å². The maximum Gasteiger partial charge on any atom is 0.288 e. The van der Waals surface area contributed by atoms with Crippen LogP contribution in [0.3, 0.4) is 0 Å². The minimum absolute atomic E-state index is 0.122. The van der Waals surface area contributed by atoms with E-state index in [1.165, 1.54) is 6.20 Å².